The molecule has 0 unspecified atom stereocenters. The summed E-state index contributed by atoms with van der Waals surface area (Å²) in [6.45, 7) is 2.94. The quantitative estimate of drug-likeness (QED) is 0.911. The van der Waals surface area contributed by atoms with Gasteiger partial charge in [-0.2, -0.15) is 0 Å². The van der Waals surface area contributed by atoms with Crippen molar-refractivity contribution in [2.75, 3.05) is 26.7 Å². The fraction of sp³-hybridized carbons (Fsp3) is 0.588. The third kappa shape index (κ3) is 2.47. The van der Waals surface area contributed by atoms with Gasteiger partial charge in [0.1, 0.15) is 0 Å². The first-order valence-corrected chi connectivity index (χ1v) is 7.76. The summed E-state index contributed by atoms with van der Waals surface area (Å²) in [5.74, 6) is 1.10. The zero-order valence-corrected chi connectivity index (χ0v) is 12.3. The Labute approximate surface area is 121 Å². The molecule has 3 nitrogen and oxygen atoms in total. The second kappa shape index (κ2) is 5.57. The van der Waals surface area contributed by atoms with Gasteiger partial charge < -0.3 is 10.2 Å². The molecule has 1 aliphatic heterocycles. The van der Waals surface area contributed by atoms with Crippen LogP contribution in [0.15, 0.2) is 30.3 Å². The van der Waals surface area contributed by atoms with Gasteiger partial charge in [-0.3, -0.25) is 4.79 Å². The van der Waals surface area contributed by atoms with Crippen LogP contribution in [0, 0.1) is 5.92 Å². The van der Waals surface area contributed by atoms with Crippen LogP contribution in [0.4, 0.5) is 0 Å². The molecule has 3 rings (SSSR count). The lowest BCUT2D eigenvalue weighted by Crippen LogP contribution is -2.45. The van der Waals surface area contributed by atoms with Crippen LogP contribution >= 0.6 is 0 Å². The average molecular weight is 272 g/mol. The molecule has 0 bridgehead atoms. The monoisotopic (exact) mass is 272 g/mol. The van der Waals surface area contributed by atoms with E-state index in [9.17, 15) is 4.79 Å². The Morgan fingerprint density at radius 1 is 1.25 bits per heavy atom. The van der Waals surface area contributed by atoms with Crippen molar-refractivity contribution in [2.45, 2.75) is 31.1 Å². The summed E-state index contributed by atoms with van der Waals surface area (Å²) in [4.78, 5) is 15.0. The standard InChI is InChI=1S/C17H24N2O/c1-18-13-14-7-11-19(12-8-14)16(20)17(9-10-17)15-5-3-2-4-6-15/h2-6,14,18H,7-13H2,1H3. The van der Waals surface area contributed by atoms with Crippen LogP contribution in [0.5, 0.6) is 0 Å². The van der Waals surface area contributed by atoms with Gasteiger partial charge in [0.2, 0.25) is 5.91 Å². The number of carbonyl (C=O) groups is 1. The topological polar surface area (TPSA) is 32.3 Å². The Hall–Kier alpha value is -1.35. The summed E-state index contributed by atoms with van der Waals surface area (Å²) in [5, 5.41) is 3.25. The third-order valence-corrected chi connectivity index (χ3v) is 4.88. The highest BCUT2D eigenvalue weighted by Crippen LogP contribution is 2.49. The summed E-state index contributed by atoms with van der Waals surface area (Å²) in [5.41, 5.74) is 1.03. The number of hydrogen-bond acceptors (Lipinski definition) is 2. The number of amides is 1. The molecule has 2 aliphatic rings. The van der Waals surface area contributed by atoms with Crippen LogP contribution < -0.4 is 5.32 Å². The molecule has 3 heteroatoms. The van der Waals surface area contributed by atoms with E-state index in [1.54, 1.807) is 0 Å². The Kier molecular flexibility index (Phi) is 3.79. The van der Waals surface area contributed by atoms with Gasteiger partial charge in [0.15, 0.2) is 0 Å². The van der Waals surface area contributed by atoms with Gasteiger partial charge in [0, 0.05) is 13.1 Å². The summed E-state index contributed by atoms with van der Waals surface area (Å²) in [7, 11) is 2.01. The number of rotatable bonds is 4. The fourth-order valence-electron chi connectivity index (χ4n) is 3.44. The minimum atomic E-state index is -0.183. The third-order valence-electron chi connectivity index (χ3n) is 4.88. The molecule has 1 saturated carbocycles. The zero-order valence-electron chi connectivity index (χ0n) is 12.3. The predicted molar refractivity (Wildman–Crippen MR) is 80.6 cm³/mol. The smallest absolute Gasteiger partial charge is 0.233 e. The molecule has 2 fully saturated rings. The number of benzene rings is 1. The van der Waals surface area contributed by atoms with E-state index in [-0.39, 0.29) is 5.41 Å². The highest BCUT2D eigenvalue weighted by atomic mass is 16.2. The SMILES string of the molecule is CNCC1CCN(C(=O)C2(c3ccccc3)CC2)CC1. The second-order valence-corrected chi connectivity index (χ2v) is 6.24. The molecule has 0 spiro atoms. The molecule has 108 valence electrons. The summed E-state index contributed by atoms with van der Waals surface area (Å²) in [6.07, 6.45) is 4.31. The molecule has 1 saturated heterocycles. The van der Waals surface area contributed by atoms with E-state index in [2.05, 4.69) is 22.3 Å². The number of likely N-dealkylation sites (tertiary alicyclic amines) is 1. The molecular formula is C17H24N2O. The van der Waals surface area contributed by atoms with E-state index in [0.717, 1.165) is 51.2 Å². The van der Waals surface area contributed by atoms with Crippen molar-refractivity contribution in [3.05, 3.63) is 35.9 Å². The second-order valence-electron chi connectivity index (χ2n) is 6.24. The maximum absolute atomic E-state index is 12.9. The lowest BCUT2D eigenvalue weighted by Gasteiger charge is -2.34. The molecule has 1 aliphatic carbocycles. The number of piperidine rings is 1. The van der Waals surface area contributed by atoms with Crippen LogP contribution in [0.25, 0.3) is 0 Å². The zero-order chi connectivity index (χ0) is 14.0. The van der Waals surface area contributed by atoms with Gasteiger partial charge in [0.05, 0.1) is 5.41 Å². The minimum absolute atomic E-state index is 0.183. The molecule has 1 heterocycles. The van der Waals surface area contributed by atoms with Gasteiger partial charge in [-0.15, -0.1) is 0 Å². The fourth-order valence-corrected chi connectivity index (χ4v) is 3.44. The van der Waals surface area contributed by atoms with E-state index in [1.165, 1.54) is 5.56 Å². The Balaban J connectivity index is 1.66. The highest BCUT2D eigenvalue weighted by Gasteiger charge is 2.53. The van der Waals surface area contributed by atoms with E-state index in [0.29, 0.717) is 5.91 Å². The van der Waals surface area contributed by atoms with Crippen LogP contribution in [0.3, 0.4) is 0 Å². The van der Waals surface area contributed by atoms with E-state index >= 15 is 0 Å². The van der Waals surface area contributed by atoms with Crippen LogP contribution in [-0.4, -0.2) is 37.5 Å². The molecule has 0 atom stereocenters. The molecular weight excluding hydrogens is 248 g/mol. The first-order valence-electron chi connectivity index (χ1n) is 7.76. The van der Waals surface area contributed by atoms with Crippen LogP contribution in [0.1, 0.15) is 31.2 Å². The van der Waals surface area contributed by atoms with Gasteiger partial charge in [-0.1, -0.05) is 30.3 Å². The Morgan fingerprint density at radius 3 is 2.45 bits per heavy atom. The molecule has 0 aromatic heterocycles. The highest BCUT2D eigenvalue weighted by molar-refractivity contribution is 5.91. The van der Waals surface area contributed by atoms with Crippen molar-refractivity contribution in [1.29, 1.82) is 0 Å². The first-order chi connectivity index (χ1) is 9.76. The van der Waals surface area contributed by atoms with Crippen LogP contribution in [-0.2, 0) is 10.2 Å². The van der Waals surface area contributed by atoms with Crippen molar-refractivity contribution >= 4 is 5.91 Å². The maximum Gasteiger partial charge on any atom is 0.233 e. The van der Waals surface area contributed by atoms with Crippen LogP contribution in [0.2, 0.25) is 0 Å². The number of hydrogen-bond donors (Lipinski definition) is 1. The van der Waals surface area contributed by atoms with Crippen molar-refractivity contribution in [3.63, 3.8) is 0 Å². The normalized spacial score (nSPS) is 21.8. The van der Waals surface area contributed by atoms with Gasteiger partial charge in [-0.05, 0) is 50.8 Å². The minimum Gasteiger partial charge on any atom is -0.342 e. The van der Waals surface area contributed by atoms with Crippen molar-refractivity contribution in [1.82, 2.24) is 10.2 Å². The van der Waals surface area contributed by atoms with Gasteiger partial charge in [-0.25, -0.2) is 0 Å². The molecule has 1 amide bonds. The van der Waals surface area contributed by atoms with E-state index in [1.807, 2.05) is 25.2 Å². The lowest BCUT2D eigenvalue weighted by atomic mass is 9.91. The maximum atomic E-state index is 12.9. The van der Waals surface area contributed by atoms with E-state index < -0.39 is 0 Å². The molecule has 0 radical (unpaired) electrons. The summed E-state index contributed by atoms with van der Waals surface area (Å²) in [6, 6.07) is 10.3. The van der Waals surface area contributed by atoms with Crippen molar-refractivity contribution in [2.24, 2.45) is 5.92 Å². The first kappa shape index (κ1) is 13.6. The molecule has 20 heavy (non-hydrogen) atoms. The number of nitrogens with one attached hydrogen (secondary N) is 1. The lowest BCUT2D eigenvalue weighted by molar-refractivity contribution is -0.135. The Bertz CT molecular complexity index is 459. The summed E-state index contributed by atoms with van der Waals surface area (Å²) >= 11 is 0. The van der Waals surface area contributed by atoms with Crippen molar-refractivity contribution < 1.29 is 4.79 Å². The average Bonchev–Trinajstić information content (AvgIpc) is 3.30. The molecule has 1 N–H and O–H groups in total. The molecule has 1 aromatic carbocycles. The summed E-state index contributed by atoms with van der Waals surface area (Å²) < 4.78 is 0. The molecule has 1 aromatic rings. The predicted octanol–water partition coefficient (Wildman–Crippen LogP) is 2.18. The van der Waals surface area contributed by atoms with E-state index in [4.69, 9.17) is 0 Å². The number of nitrogens with zero attached hydrogens (tertiary/aromatic N) is 1. The van der Waals surface area contributed by atoms with Crippen molar-refractivity contribution in [3.8, 4) is 0 Å². The Morgan fingerprint density at radius 2 is 1.90 bits per heavy atom. The van der Waals surface area contributed by atoms with Gasteiger partial charge >= 0.3 is 0 Å². The number of carbonyl (C=O) groups excluding carboxylic acids is 1. The largest absolute Gasteiger partial charge is 0.342 e. The van der Waals surface area contributed by atoms with Gasteiger partial charge in [0.25, 0.3) is 0 Å².